The molecule has 1 aromatic rings. The Labute approximate surface area is 93.9 Å². The highest BCUT2D eigenvalue weighted by Gasteiger charge is 2.26. The molecule has 0 saturated heterocycles. The minimum absolute atomic E-state index is 0.429. The van der Waals surface area contributed by atoms with Gasteiger partial charge in [-0.1, -0.05) is 6.07 Å². The van der Waals surface area contributed by atoms with Crippen molar-refractivity contribution in [1.29, 1.82) is 0 Å². The molecule has 0 fully saturated rings. The molecule has 0 heterocycles. The van der Waals surface area contributed by atoms with Gasteiger partial charge < -0.3 is 9.47 Å². The molecule has 1 rings (SSSR count). The molecule has 0 bridgehead atoms. The predicted octanol–water partition coefficient (Wildman–Crippen LogP) is 1.98. The van der Waals surface area contributed by atoms with Gasteiger partial charge in [-0.2, -0.15) is 8.78 Å². The molecule has 0 aliphatic carbocycles. The Balaban J connectivity index is 3.33. The SMILES string of the molecule is COC(=O)c1cccc([N+](=O)[O-])c1OC(F)F. The molecule has 6 nitrogen and oxygen atoms in total. The number of alkyl halides is 2. The molecule has 0 amide bonds. The molecule has 0 aliphatic heterocycles. The van der Waals surface area contributed by atoms with Crippen LogP contribution in [0.3, 0.4) is 0 Å². The largest absolute Gasteiger partial charge is 0.465 e. The van der Waals surface area contributed by atoms with Gasteiger partial charge in [-0.15, -0.1) is 0 Å². The zero-order valence-corrected chi connectivity index (χ0v) is 8.55. The summed E-state index contributed by atoms with van der Waals surface area (Å²) < 4.78 is 32.5. The van der Waals surface area contributed by atoms with Gasteiger partial charge in [0, 0.05) is 6.07 Å². The maximum absolute atomic E-state index is 12.1. The molecule has 0 aromatic heterocycles. The molecule has 92 valence electrons. The molecule has 8 heteroatoms. The Morgan fingerprint density at radius 2 is 2.12 bits per heavy atom. The first-order chi connectivity index (χ1) is 7.97. The summed E-state index contributed by atoms with van der Waals surface area (Å²) in [5.74, 6) is -1.80. The average Bonchev–Trinajstić information content (AvgIpc) is 2.27. The number of carbonyl (C=O) groups excluding carboxylic acids is 1. The maximum atomic E-state index is 12.1. The maximum Gasteiger partial charge on any atom is 0.387 e. The van der Waals surface area contributed by atoms with E-state index < -0.39 is 34.5 Å². The number of methoxy groups -OCH3 is 1. The van der Waals surface area contributed by atoms with E-state index in [4.69, 9.17) is 0 Å². The highest BCUT2D eigenvalue weighted by Crippen LogP contribution is 2.32. The van der Waals surface area contributed by atoms with E-state index in [-0.39, 0.29) is 0 Å². The second-order valence-corrected chi connectivity index (χ2v) is 2.78. The lowest BCUT2D eigenvalue weighted by Gasteiger charge is -2.09. The number of esters is 1. The predicted molar refractivity (Wildman–Crippen MR) is 51.1 cm³/mol. The molecular weight excluding hydrogens is 240 g/mol. The highest BCUT2D eigenvalue weighted by molar-refractivity contribution is 5.94. The fourth-order valence-electron chi connectivity index (χ4n) is 1.15. The number of nitro benzene ring substituents is 1. The van der Waals surface area contributed by atoms with E-state index in [1.807, 2.05) is 0 Å². The summed E-state index contributed by atoms with van der Waals surface area (Å²) in [6.45, 7) is -3.28. The number of hydrogen-bond donors (Lipinski definition) is 0. The number of ether oxygens (including phenoxy) is 2. The molecule has 0 atom stereocenters. The Morgan fingerprint density at radius 3 is 2.59 bits per heavy atom. The minimum Gasteiger partial charge on any atom is -0.465 e. The van der Waals surface area contributed by atoms with Crippen molar-refractivity contribution in [2.45, 2.75) is 6.61 Å². The number of halogens is 2. The number of benzene rings is 1. The fourth-order valence-corrected chi connectivity index (χ4v) is 1.15. The van der Waals surface area contributed by atoms with Gasteiger partial charge in [0.05, 0.1) is 12.0 Å². The molecule has 0 spiro atoms. The van der Waals surface area contributed by atoms with Crippen LogP contribution in [0.1, 0.15) is 10.4 Å². The number of rotatable bonds is 4. The first-order valence-corrected chi connectivity index (χ1v) is 4.28. The van der Waals surface area contributed by atoms with Gasteiger partial charge in [0.1, 0.15) is 5.56 Å². The summed E-state index contributed by atoms with van der Waals surface area (Å²) in [4.78, 5) is 20.9. The van der Waals surface area contributed by atoms with Crippen molar-refractivity contribution in [1.82, 2.24) is 0 Å². The number of carbonyl (C=O) groups is 1. The van der Waals surface area contributed by atoms with Crippen molar-refractivity contribution >= 4 is 11.7 Å². The van der Waals surface area contributed by atoms with Crippen LogP contribution in [-0.4, -0.2) is 24.6 Å². The lowest BCUT2D eigenvalue weighted by atomic mass is 10.1. The number of para-hydroxylation sites is 1. The first-order valence-electron chi connectivity index (χ1n) is 4.28. The van der Waals surface area contributed by atoms with Gasteiger partial charge in [-0.3, -0.25) is 10.1 Å². The van der Waals surface area contributed by atoms with Crippen LogP contribution in [0.25, 0.3) is 0 Å². The number of hydrogen-bond acceptors (Lipinski definition) is 5. The van der Waals surface area contributed by atoms with Crippen molar-refractivity contribution in [3.8, 4) is 5.75 Å². The van der Waals surface area contributed by atoms with E-state index in [1.54, 1.807) is 0 Å². The van der Waals surface area contributed by atoms with Crippen LogP contribution in [0.15, 0.2) is 18.2 Å². The summed E-state index contributed by atoms with van der Waals surface area (Å²) in [6, 6.07) is 3.21. The molecule has 17 heavy (non-hydrogen) atoms. The zero-order valence-electron chi connectivity index (χ0n) is 8.55. The Kier molecular flexibility index (Phi) is 3.91. The van der Waals surface area contributed by atoms with Crippen LogP contribution in [0.4, 0.5) is 14.5 Å². The monoisotopic (exact) mass is 247 g/mol. The van der Waals surface area contributed by atoms with Gasteiger partial charge in [0.2, 0.25) is 5.75 Å². The van der Waals surface area contributed by atoms with Crippen LogP contribution >= 0.6 is 0 Å². The van der Waals surface area contributed by atoms with Gasteiger partial charge in [-0.05, 0) is 6.07 Å². The molecule has 0 radical (unpaired) electrons. The molecular formula is C9H7F2NO5. The van der Waals surface area contributed by atoms with E-state index in [0.29, 0.717) is 0 Å². The van der Waals surface area contributed by atoms with Gasteiger partial charge in [0.15, 0.2) is 0 Å². The second-order valence-electron chi connectivity index (χ2n) is 2.78. The Bertz CT molecular complexity index is 449. The van der Waals surface area contributed by atoms with E-state index in [0.717, 1.165) is 19.2 Å². The van der Waals surface area contributed by atoms with Crippen LogP contribution in [0, 0.1) is 10.1 Å². The average molecular weight is 247 g/mol. The zero-order chi connectivity index (χ0) is 13.0. The van der Waals surface area contributed by atoms with Crippen LogP contribution in [-0.2, 0) is 4.74 Å². The summed E-state index contributed by atoms with van der Waals surface area (Å²) in [6.07, 6.45) is 0. The van der Waals surface area contributed by atoms with Crippen molar-refractivity contribution in [3.05, 3.63) is 33.9 Å². The fraction of sp³-hybridized carbons (Fsp3) is 0.222. The van der Waals surface area contributed by atoms with Crippen molar-refractivity contribution in [2.75, 3.05) is 7.11 Å². The van der Waals surface area contributed by atoms with Crippen LogP contribution < -0.4 is 4.74 Å². The van der Waals surface area contributed by atoms with E-state index >= 15 is 0 Å². The lowest BCUT2D eigenvalue weighted by Crippen LogP contribution is -2.11. The highest BCUT2D eigenvalue weighted by atomic mass is 19.3. The molecule has 0 N–H and O–H groups in total. The number of nitrogens with zero attached hydrogens (tertiary/aromatic N) is 1. The van der Waals surface area contributed by atoms with Crippen molar-refractivity contribution in [2.24, 2.45) is 0 Å². The Hall–Kier alpha value is -2.25. The van der Waals surface area contributed by atoms with Crippen molar-refractivity contribution < 1.29 is 28.0 Å². The third kappa shape index (κ3) is 2.86. The normalized spacial score (nSPS) is 10.1. The van der Waals surface area contributed by atoms with Crippen LogP contribution in [0.2, 0.25) is 0 Å². The van der Waals surface area contributed by atoms with Crippen LogP contribution in [0.5, 0.6) is 5.75 Å². The number of nitro groups is 1. The summed E-state index contributed by atoms with van der Waals surface area (Å²) >= 11 is 0. The first kappa shape index (κ1) is 12.8. The lowest BCUT2D eigenvalue weighted by molar-refractivity contribution is -0.386. The summed E-state index contributed by atoms with van der Waals surface area (Å²) in [5, 5.41) is 10.6. The second kappa shape index (κ2) is 5.19. The van der Waals surface area contributed by atoms with E-state index in [2.05, 4.69) is 9.47 Å². The third-order valence-corrected chi connectivity index (χ3v) is 1.80. The van der Waals surface area contributed by atoms with E-state index in [1.165, 1.54) is 6.07 Å². The topological polar surface area (TPSA) is 78.7 Å². The summed E-state index contributed by atoms with van der Waals surface area (Å²) in [5.41, 5.74) is -1.16. The molecule has 0 aliphatic rings. The van der Waals surface area contributed by atoms with E-state index in [9.17, 15) is 23.7 Å². The summed E-state index contributed by atoms with van der Waals surface area (Å²) in [7, 11) is 1.02. The van der Waals surface area contributed by atoms with Crippen molar-refractivity contribution in [3.63, 3.8) is 0 Å². The molecule has 0 saturated carbocycles. The smallest absolute Gasteiger partial charge is 0.387 e. The Morgan fingerprint density at radius 1 is 1.47 bits per heavy atom. The van der Waals surface area contributed by atoms with Gasteiger partial charge in [0.25, 0.3) is 0 Å². The third-order valence-electron chi connectivity index (χ3n) is 1.80. The quantitative estimate of drug-likeness (QED) is 0.461. The van der Waals surface area contributed by atoms with Gasteiger partial charge in [-0.25, -0.2) is 4.79 Å². The molecule has 0 unspecified atom stereocenters. The minimum atomic E-state index is -3.28. The standard InChI is InChI=1S/C9H7F2NO5/c1-16-8(13)5-3-2-4-6(12(14)15)7(5)17-9(10)11/h2-4,9H,1H3. The van der Waals surface area contributed by atoms with Gasteiger partial charge >= 0.3 is 18.3 Å². The molecule has 1 aromatic carbocycles.